The maximum atomic E-state index is 10.7. The Morgan fingerprint density at radius 1 is 1.42 bits per heavy atom. The molecule has 1 aromatic heterocycles. The third-order valence-electron chi connectivity index (χ3n) is 1.08. The molecule has 0 aliphatic rings. The van der Waals surface area contributed by atoms with Gasteiger partial charge in [0.2, 0.25) is 5.91 Å². The van der Waals surface area contributed by atoms with Crippen molar-refractivity contribution < 1.29 is 4.79 Å². The van der Waals surface area contributed by atoms with Crippen LogP contribution in [0.1, 0.15) is 6.92 Å². The zero-order valence-corrected chi connectivity index (χ0v) is 8.49. The standard InChI is InChI=1S/C6H7IN4O/c1-4(12)10-5-6(11-7)9-3-2-8-5/h2-3H,1H3,(H,9,11)(H,8,10,12). The van der Waals surface area contributed by atoms with Gasteiger partial charge < -0.3 is 8.85 Å². The van der Waals surface area contributed by atoms with Gasteiger partial charge in [0.05, 0.1) is 22.9 Å². The van der Waals surface area contributed by atoms with Gasteiger partial charge in [-0.05, 0) is 0 Å². The first-order valence-corrected chi connectivity index (χ1v) is 4.27. The molecule has 0 aliphatic carbocycles. The van der Waals surface area contributed by atoms with Crippen molar-refractivity contribution in [3.63, 3.8) is 0 Å². The first-order chi connectivity index (χ1) is 5.74. The minimum absolute atomic E-state index is 0.164. The molecule has 5 nitrogen and oxygen atoms in total. The maximum absolute atomic E-state index is 10.7. The lowest BCUT2D eigenvalue weighted by atomic mass is 10.5. The van der Waals surface area contributed by atoms with Gasteiger partial charge in [-0.25, -0.2) is 9.97 Å². The molecule has 0 atom stereocenters. The smallest absolute Gasteiger partial charge is 0.222 e. The van der Waals surface area contributed by atoms with Crippen molar-refractivity contribution in [1.82, 2.24) is 9.97 Å². The molecule has 2 N–H and O–H groups in total. The number of nitrogens with one attached hydrogen (secondary N) is 2. The monoisotopic (exact) mass is 278 g/mol. The minimum Gasteiger partial charge on any atom is -0.310 e. The number of halogens is 1. The molecule has 1 aromatic rings. The number of nitrogens with zero attached hydrogens (tertiary/aromatic N) is 2. The normalized spacial score (nSPS) is 9.17. The molecule has 1 rings (SSSR count). The van der Waals surface area contributed by atoms with Gasteiger partial charge >= 0.3 is 0 Å². The van der Waals surface area contributed by atoms with Crippen molar-refractivity contribution in [1.29, 1.82) is 0 Å². The number of carbonyl (C=O) groups excluding carboxylic acids is 1. The van der Waals surface area contributed by atoms with Crippen LogP contribution in [0, 0.1) is 0 Å². The number of hydrogen-bond acceptors (Lipinski definition) is 4. The van der Waals surface area contributed by atoms with E-state index in [-0.39, 0.29) is 5.91 Å². The van der Waals surface area contributed by atoms with Gasteiger partial charge in [0, 0.05) is 19.3 Å². The molecule has 0 unspecified atom stereocenters. The summed E-state index contributed by atoms with van der Waals surface area (Å²) >= 11 is 1.92. The fourth-order valence-corrected chi connectivity index (χ4v) is 1.06. The zero-order valence-electron chi connectivity index (χ0n) is 6.34. The average molecular weight is 278 g/mol. The highest BCUT2D eigenvalue weighted by Gasteiger charge is 2.03. The van der Waals surface area contributed by atoms with Gasteiger partial charge in [0.1, 0.15) is 0 Å². The summed E-state index contributed by atoms with van der Waals surface area (Å²) in [6, 6.07) is 0. The van der Waals surface area contributed by atoms with Gasteiger partial charge in [-0.15, -0.1) is 0 Å². The van der Waals surface area contributed by atoms with Crippen LogP contribution in [0.3, 0.4) is 0 Å². The molecule has 0 aliphatic heterocycles. The van der Waals surface area contributed by atoms with E-state index >= 15 is 0 Å². The second kappa shape index (κ2) is 4.19. The van der Waals surface area contributed by atoms with E-state index in [0.717, 1.165) is 0 Å². The van der Waals surface area contributed by atoms with E-state index in [4.69, 9.17) is 0 Å². The van der Waals surface area contributed by atoms with E-state index in [9.17, 15) is 4.79 Å². The fraction of sp³-hybridized carbons (Fsp3) is 0.167. The lowest BCUT2D eigenvalue weighted by Gasteiger charge is -2.04. The first-order valence-electron chi connectivity index (χ1n) is 3.19. The highest BCUT2D eigenvalue weighted by molar-refractivity contribution is 14.1. The molecule has 1 heterocycles. The molecule has 12 heavy (non-hydrogen) atoms. The summed E-state index contributed by atoms with van der Waals surface area (Å²) in [6.07, 6.45) is 3.06. The van der Waals surface area contributed by atoms with Crippen LogP contribution in [0.2, 0.25) is 0 Å². The van der Waals surface area contributed by atoms with Gasteiger partial charge in [0.25, 0.3) is 0 Å². The summed E-state index contributed by atoms with van der Waals surface area (Å²) in [5.74, 6) is 0.830. The number of anilines is 2. The van der Waals surface area contributed by atoms with E-state index in [1.807, 2.05) is 22.9 Å². The van der Waals surface area contributed by atoms with Crippen LogP contribution in [0.4, 0.5) is 11.6 Å². The van der Waals surface area contributed by atoms with Crippen LogP contribution in [0.15, 0.2) is 12.4 Å². The lowest BCUT2D eigenvalue weighted by Crippen LogP contribution is -2.09. The molecule has 0 aromatic carbocycles. The van der Waals surface area contributed by atoms with Crippen LogP contribution in [0.25, 0.3) is 0 Å². The number of rotatable bonds is 2. The molecule has 64 valence electrons. The van der Waals surface area contributed by atoms with E-state index in [1.54, 1.807) is 6.20 Å². The highest BCUT2D eigenvalue weighted by atomic mass is 127. The number of aromatic nitrogens is 2. The lowest BCUT2D eigenvalue weighted by molar-refractivity contribution is -0.114. The molecule has 0 saturated heterocycles. The molecule has 0 spiro atoms. The quantitative estimate of drug-likeness (QED) is 0.630. The Hall–Kier alpha value is -0.920. The van der Waals surface area contributed by atoms with Crippen LogP contribution < -0.4 is 8.85 Å². The van der Waals surface area contributed by atoms with Gasteiger partial charge in [-0.1, -0.05) is 0 Å². The summed E-state index contributed by atoms with van der Waals surface area (Å²) in [4.78, 5) is 18.6. The molecule has 0 fully saturated rings. The van der Waals surface area contributed by atoms with E-state index in [1.165, 1.54) is 13.1 Å². The Balaban J connectivity index is 2.89. The van der Waals surface area contributed by atoms with Crippen LogP contribution in [0.5, 0.6) is 0 Å². The molecule has 0 saturated carbocycles. The molecular formula is C6H7IN4O. The zero-order chi connectivity index (χ0) is 8.97. The van der Waals surface area contributed by atoms with Gasteiger partial charge in [0.15, 0.2) is 11.6 Å². The SMILES string of the molecule is CC(=O)Nc1nccnc1NI. The van der Waals surface area contributed by atoms with E-state index < -0.39 is 0 Å². The maximum Gasteiger partial charge on any atom is 0.222 e. The summed E-state index contributed by atoms with van der Waals surface area (Å²) in [6.45, 7) is 1.42. The average Bonchev–Trinajstić information content (AvgIpc) is 2.04. The number of carbonyl (C=O) groups is 1. The summed E-state index contributed by atoms with van der Waals surface area (Å²) in [7, 11) is 0. The Labute approximate surface area is 83.5 Å². The van der Waals surface area contributed by atoms with Crippen LogP contribution in [-0.2, 0) is 4.79 Å². The molecular weight excluding hydrogens is 271 g/mol. The third-order valence-corrected chi connectivity index (χ3v) is 1.59. The predicted octanol–water partition coefficient (Wildman–Crippen LogP) is 1.20. The Morgan fingerprint density at radius 2 is 2.00 bits per heavy atom. The molecule has 0 radical (unpaired) electrons. The Morgan fingerprint density at radius 3 is 2.50 bits per heavy atom. The van der Waals surface area contributed by atoms with Crippen molar-refractivity contribution in [3.05, 3.63) is 12.4 Å². The van der Waals surface area contributed by atoms with Gasteiger partial charge in [-0.2, -0.15) is 0 Å². The van der Waals surface area contributed by atoms with Crippen molar-refractivity contribution >= 4 is 40.4 Å². The molecule has 0 bridgehead atoms. The Bertz CT molecular complexity index is 291. The Kier molecular flexibility index (Phi) is 3.20. The topological polar surface area (TPSA) is 66.9 Å². The third kappa shape index (κ3) is 2.29. The second-order valence-corrected chi connectivity index (χ2v) is 2.57. The second-order valence-electron chi connectivity index (χ2n) is 2.03. The van der Waals surface area contributed by atoms with Crippen molar-refractivity contribution in [2.24, 2.45) is 0 Å². The van der Waals surface area contributed by atoms with Crippen molar-refractivity contribution in [3.8, 4) is 0 Å². The van der Waals surface area contributed by atoms with Crippen LogP contribution in [-0.4, -0.2) is 15.9 Å². The number of amides is 1. The largest absolute Gasteiger partial charge is 0.310 e. The van der Waals surface area contributed by atoms with E-state index in [0.29, 0.717) is 11.6 Å². The van der Waals surface area contributed by atoms with E-state index in [2.05, 4.69) is 18.8 Å². The summed E-state index contributed by atoms with van der Waals surface area (Å²) < 4.78 is 2.78. The summed E-state index contributed by atoms with van der Waals surface area (Å²) in [5.41, 5.74) is 0. The summed E-state index contributed by atoms with van der Waals surface area (Å²) in [5, 5.41) is 2.54. The van der Waals surface area contributed by atoms with Crippen LogP contribution >= 0.6 is 22.9 Å². The van der Waals surface area contributed by atoms with Crippen molar-refractivity contribution in [2.75, 3.05) is 8.85 Å². The number of hydrogen-bond donors (Lipinski definition) is 2. The minimum atomic E-state index is -0.164. The molecule has 1 amide bonds. The highest BCUT2D eigenvalue weighted by Crippen LogP contribution is 2.15. The molecule has 6 heteroatoms. The van der Waals surface area contributed by atoms with Gasteiger partial charge in [-0.3, -0.25) is 4.79 Å². The van der Waals surface area contributed by atoms with Crippen molar-refractivity contribution in [2.45, 2.75) is 6.92 Å². The first kappa shape index (κ1) is 9.17. The fourth-order valence-electron chi connectivity index (χ4n) is 0.665. The predicted molar refractivity (Wildman–Crippen MR) is 54.0 cm³/mol.